The van der Waals surface area contributed by atoms with Crippen molar-refractivity contribution in [2.45, 2.75) is 25.8 Å². The number of hydrogen-bond acceptors (Lipinski definition) is 4. The van der Waals surface area contributed by atoms with E-state index < -0.39 is 0 Å². The Morgan fingerprint density at radius 1 is 1.33 bits per heavy atom. The number of nitrogens with two attached hydrogens (primary N) is 1. The van der Waals surface area contributed by atoms with Crippen LogP contribution in [0.15, 0.2) is 30.5 Å². The van der Waals surface area contributed by atoms with Crippen LogP contribution in [-0.4, -0.2) is 30.0 Å². The van der Waals surface area contributed by atoms with Gasteiger partial charge in [0.2, 0.25) is 5.91 Å². The lowest BCUT2D eigenvalue weighted by molar-refractivity contribution is -0.119. The number of amides is 1. The van der Waals surface area contributed by atoms with E-state index in [1.807, 2.05) is 24.3 Å². The summed E-state index contributed by atoms with van der Waals surface area (Å²) >= 11 is 0. The number of carbonyl (C=O) groups excluding carboxylic acids is 1. The molecule has 3 rings (SSSR count). The molecule has 110 valence electrons. The van der Waals surface area contributed by atoms with Crippen LogP contribution >= 0.6 is 0 Å². The fourth-order valence-electron chi connectivity index (χ4n) is 2.99. The number of nitrogens with zero attached hydrogens (tertiary/aromatic N) is 2. The average molecular weight is 284 g/mol. The Morgan fingerprint density at radius 2 is 2.10 bits per heavy atom. The Balaban J connectivity index is 1.79. The van der Waals surface area contributed by atoms with Crippen LogP contribution in [0.2, 0.25) is 0 Å². The monoisotopic (exact) mass is 284 g/mol. The maximum absolute atomic E-state index is 11.1. The smallest absolute Gasteiger partial charge is 0.217 e. The summed E-state index contributed by atoms with van der Waals surface area (Å²) in [5.74, 6) is 0.0461. The van der Waals surface area contributed by atoms with Crippen LogP contribution in [0, 0.1) is 0 Å². The summed E-state index contributed by atoms with van der Waals surface area (Å²) in [5, 5.41) is 3.99. The van der Waals surface area contributed by atoms with Gasteiger partial charge in [0.1, 0.15) is 0 Å². The average Bonchev–Trinajstić information content (AvgIpc) is 2.48. The number of rotatable bonds is 2. The lowest BCUT2D eigenvalue weighted by Crippen LogP contribution is -2.44. The largest absolute Gasteiger partial charge is 0.396 e. The van der Waals surface area contributed by atoms with Gasteiger partial charge in [-0.05, 0) is 37.1 Å². The zero-order valence-corrected chi connectivity index (χ0v) is 12.2. The molecule has 3 N–H and O–H groups in total. The SMILES string of the molecule is CC(=O)NC1CCN(c2ccc3ncccc3c2N)CC1. The highest BCUT2D eigenvalue weighted by Gasteiger charge is 2.21. The van der Waals surface area contributed by atoms with Crippen molar-refractivity contribution in [1.29, 1.82) is 0 Å². The molecule has 0 aliphatic carbocycles. The Morgan fingerprint density at radius 3 is 2.81 bits per heavy atom. The molecule has 0 unspecified atom stereocenters. The highest BCUT2D eigenvalue weighted by Crippen LogP contribution is 2.32. The summed E-state index contributed by atoms with van der Waals surface area (Å²) in [7, 11) is 0. The molecule has 1 fully saturated rings. The van der Waals surface area contributed by atoms with Gasteiger partial charge in [0, 0.05) is 37.6 Å². The summed E-state index contributed by atoms with van der Waals surface area (Å²) in [6, 6.07) is 8.25. The molecule has 1 aromatic heterocycles. The molecule has 2 heterocycles. The van der Waals surface area contributed by atoms with Gasteiger partial charge in [0.15, 0.2) is 0 Å². The number of carbonyl (C=O) groups is 1. The molecule has 5 heteroatoms. The number of nitrogen functional groups attached to an aromatic ring is 1. The van der Waals surface area contributed by atoms with Crippen molar-refractivity contribution in [2.75, 3.05) is 23.7 Å². The molecule has 1 saturated heterocycles. The third-order valence-corrected chi connectivity index (χ3v) is 4.05. The standard InChI is InChI=1S/C16H20N4O/c1-11(21)19-12-6-9-20(10-7-12)15-5-4-14-13(16(15)17)3-2-8-18-14/h2-5,8,12H,6-7,9-10,17H2,1H3,(H,19,21). The number of hydrogen-bond donors (Lipinski definition) is 2. The number of fused-ring (bicyclic) bond motifs is 1. The topological polar surface area (TPSA) is 71.2 Å². The molecule has 1 amide bonds. The van der Waals surface area contributed by atoms with Crippen molar-refractivity contribution >= 4 is 28.2 Å². The van der Waals surface area contributed by atoms with Crippen molar-refractivity contribution in [2.24, 2.45) is 0 Å². The Kier molecular flexibility index (Phi) is 3.64. The van der Waals surface area contributed by atoms with Crippen molar-refractivity contribution in [3.8, 4) is 0 Å². The second-order valence-corrected chi connectivity index (χ2v) is 5.53. The number of nitrogens with one attached hydrogen (secondary N) is 1. The molecule has 1 aromatic carbocycles. The summed E-state index contributed by atoms with van der Waals surface area (Å²) in [4.78, 5) is 17.7. The van der Waals surface area contributed by atoms with Gasteiger partial charge in [-0.3, -0.25) is 9.78 Å². The van der Waals surface area contributed by atoms with E-state index in [-0.39, 0.29) is 11.9 Å². The zero-order chi connectivity index (χ0) is 14.8. The van der Waals surface area contributed by atoms with Gasteiger partial charge >= 0.3 is 0 Å². The van der Waals surface area contributed by atoms with Gasteiger partial charge in [-0.1, -0.05) is 0 Å². The Bertz CT molecular complexity index is 662. The number of benzene rings is 1. The van der Waals surface area contributed by atoms with E-state index in [2.05, 4.69) is 15.2 Å². The van der Waals surface area contributed by atoms with E-state index in [0.717, 1.165) is 48.2 Å². The minimum absolute atomic E-state index is 0.0461. The number of pyridine rings is 1. The van der Waals surface area contributed by atoms with Gasteiger partial charge in [-0.15, -0.1) is 0 Å². The van der Waals surface area contributed by atoms with Gasteiger partial charge in [0.25, 0.3) is 0 Å². The first-order chi connectivity index (χ1) is 10.1. The summed E-state index contributed by atoms with van der Waals surface area (Å²) in [6.45, 7) is 3.38. The van der Waals surface area contributed by atoms with Crippen LogP contribution in [-0.2, 0) is 4.79 Å². The minimum Gasteiger partial charge on any atom is -0.396 e. The molecule has 0 bridgehead atoms. The highest BCUT2D eigenvalue weighted by atomic mass is 16.1. The van der Waals surface area contributed by atoms with E-state index in [9.17, 15) is 4.79 Å². The predicted octanol–water partition coefficient (Wildman–Crippen LogP) is 1.92. The van der Waals surface area contributed by atoms with E-state index in [0.29, 0.717) is 0 Å². The molecular weight excluding hydrogens is 264 g/mol. The molecule has 5 nitrogen and oxygen atoms in total. The van der Waals surface area contributed by atoms with Crippen LogP contribution in [0.5, 0.6) is 0 Å². The van der Waals surface area contributed by atoms with Crippen LogP contribution in [0.1, 0.15) is 19.8 Å². The maximum Gasteiger partial charge on any atom is 0.217 e. The predicted molar refractivity (Wildman–Crippen MR) is 85.2 cm³/mol. The lowest BCUT2D eigenvalue weighted by Gasteiger charge is -2.34. The normalized spacial score (nSPS) is 16.1. The molecule has 1 aliphatic heterocycles. The summed E-state index contributed by atoms with van der Waals surface area (Å²) < 4.78 is 0. The molecule has 2 aromatic rings. The third kappa shape index (κ3) is 2.77. The summed E-state index contributed by atoms with van der Waals surface area (Å²) in [6.07, 6.45) is 3.68. The van der Waals surface area contributed by atoms with Crippen LogP contribution in [0.4, 0.5) is 11.4 Å². The number of piperidine rings is 1. The van der Waals surface area contributed by atoms with Crippen molar-refractivity contribution in [1.82, 2.24) is 10.3 Å². The van der Waals surface area contributed by atoms with Crippen molar-refractivity contribution in [3.05, 3.63) is 30.5 Å². The second-order valence-electron chi connectivity index (χ2n) is 5.53. The highest BCUT2D eigenvalue weighted by molar-refractivity contribution is 5.97. The number of aromatic nitrogens is 1. The fourth-order valence-corrected chi connectivity index (χ4v) is 2.99. The van der Waals surface area contributed by atoms with E-state index >= 15 is 0 Å². The first kappa shape index (κ1) is 13.7. The Hall–Kier alpha value is -2.30. The molecule has 0 spiro atoms. The Labute approximate surface area is 124 Å². The van der Waals surface area contributed by atoms with Crippen LogP contribution < -0.4 is 16.0 Å². The van der Waals surface area contributed by atoms with Crippen molar-refractivity contribution < 1.29 is 4.79 Å². The fraction of sp³-hybridized carbons (Fsp3) is 0.375. The first-order valence-corrected chi connectivity index (χ1v) is 7.30. The van der Waals surface area contributed by atoms with Crippen molar-refractivity contribution in [3.63, 3.8) is 0 Å². The minimum atomic E-state index is 0.0461. The molecule has 0 atom stereocenters. The molecular formula is C16H20N4O. The van der Waals surface area contributed by atoms with Gasteiger partial charge < -0.3 is 16.0 Å². The number of anilines is 2. The first-order valence-electron chi connectivity index (χ1n) is 7.30. The zero-order valence-electron chi connectivity index (χ0n) is 12.2. The van der Waals surface area contributed by atoms with Gasteiger partial charge in [-0.2, -0.15) is 0 Å². The lowest BCUT2D eigenvalue weighted by atomic mass is 10.0. The van der Waals surface area contributed by atoms with E-state index in [1.165, 1.54) is 0 Å². The summed E-state index contributed by atoms with van der Waals surface area (Å²) in [5.41, 5.74) is 9.09. The molecule has 0 saturated carbocycles. The maximum atomic E-state index is 11.1. The molecule has 1 aliphatic rings. The molecule has 0 radical (unpaired) electrons. The van der Waals surface area contributed by atoms with Crippen LogP contribution in [0.3, 0.4) is 0 Å². The van der Waals surface area contributed by atoms with Gasteiger partial charge in [-0.25, -0.2) is 0 Å². The third-order valence-electron chi connectivity index (χ3n) is 4.05. The quantitative estimate of drug-likeness (QED) is 0.827. The van der Waals surface area contributed by atoms with E-state index in [1.54, 1.807) is 13.1 Å². The second kappa shape index (κ2) is 5.60. The van der Waals surface area contributed by atoms with Gasteiger partial charge in [0.05, 0.1) is 16.9 Å². The molecule has 21 heavy (non-hydrogen) atoms. The van der Waals surface area contributed by atoms with Crippen LogP contribution in [0.25, 0.3) is 10.9 Å². The van der Waals surface area contributed by atoms with E-state index in [4.69, 9.17) is 5.73 Å².